The summed E-state index contributed by atoms with van der Waals surface area (Å²) in [5, 5.41) is 7.24. The number of nitrogens with one attached hydrogen (secondary N) is 2. The van der Waals surface area contributed by atoms with Crippen LogP contribution in [-0.4, -0.2) is 19.0 Å². The fourth-order valence-electron chi connectivity index (χ4n) is 2.13. The normalized spacial score (nSPS) is 11.9. The highest BCUT2D eigenvalue weighted by atomic mass is 19.1. The van der Waals surface area contributed by atoms with E-state index in [4.69, 9.17) is 4.42 Å². The summed E-state index contributed by atoms with van der Waals surface area (Å²) in [5.41, 5.74) is 1.64. The number of benzene rings is 1. The van der Waals surface area contributed by atoms with Crippen LogP contribution in [0.2, 0.25) is 0 Å². The Morgan fingerprint density at radius 2 is 2.10 bits per heavy atom. The molecule has 0 radical (unpaired) electrons. The maximum absolute atomic E-state index is 13.3. The molecule has 1 aromatic heterocycles. The fourth-order valence-corrected chi connectivity index (χ4v) is 2.13. The lowest BCUT2D eigenvalue weighted by Crippen LogP contribution is -2.37. The van der Waals surface area contributed by atoms with Crippen molar-refractivity contribution in [2.45, 2.75) is 33.7 Å². The molecule has 0 fully saturated rings. The van der Waals surface area contributed by atoms with E-state index in [1.807, 2.05) is 13.8 Å². The molecule has 0 aliphatic carbocycles. The van der Waals surface area contributed by atoms with Crippen molar-refractivity contribution in [3.05, 3.63) is 35.3 Å². The van der Waals surface area contributed by atoms with E-state index >= 15 is 0 Å². The maximum Gasteiger partial charge on any atom is 0.191 e. The van der Waals surface area contributed by atoms with Crippen LogP contribution in [0.5, 0.6) is 0 Å². The van der Waals surface area contributed by atoms with Crippen molar-refractivity contribution in [3.63, 3.8) is 0 Å². The summed E-state index contributed by atoms with van der Waals surface area (Å²) in [5.74, 6) is 1.29. The number of rotatable bonds is 5. The second-order valence-corrected chi connectivity index (χ2v) is 4.91. The topological polar surface area (TPSA) is 49.6 Å². The first-order valence-electron chi connectivity index (χ1n) is 7.35. The highest BCUT2D eigenvalue weighted by Crippen LogP contribution is 2.26. The molecule has 2 N–H and O–H groups in total. The molecule has 0 saturated heterocycles. The van der Waals surface area contributed by atoms with Crippen LogP contribution in [0.1, 0.15) is 31.6 Å². The molecule has 1 aromatic carbocycles. The van der Waals surface area contributed by atoms with Crippen LogP contribution in [-0.2, 0) is 6.54 Å². The van der Waals surface area contributed by atoms with E-state index in [9.17, 15) is 4.39 Å². The van der Waals surface area contributed by atoms with Gasteiger partial charge in [-0.15, -0.1) is 0 Å². The number of hydrogen-bond donors (Lipinski definition) is 2. The average molecular weight is 291 g/mol. The molecule has 2 aromatic rings. The van der Waals surface area contributed by atoms with Crippen molar-refractivity contribution >= 4 is 16.9 Å². The summed E-state index contributed by atoms with van der Waals surface area (Å²) >= 11 is 0. The summed E-state index contributed by atoms with van der Waals surface area (Å²) in [6.45, 7) is 8.17. The van der Waals surface area contributed by atoms with Crippen LogP contribution < -0.4 is 10.6 Å². The highest BCUT2D eigenvalue weighted by molar-refractivity contribution is 5.82. The standard InChI is InChI=1S/C16H22FN3O/c1-4-8-19-16(18-5-2)20-10-15-11(3)13-9-12(17)6-7-14(13)21-15/h6-7,9H,4-5,8,10H2,1-3H3,(H2,18,19,20). The van der Waals surface area contributed by atoms with Crippen LogP contribution in [0.15, 0.2) is 27.6 Å². The smallest absolute Gasteiger partial charge is 0.191 e. The fraction of sp³-hybridized carbons (Fsp3) is 0.438. The third-order valence-corrected chi connectivity index (χ3v) is 3.26. The van der Waals surface area contributed by atoms with Gasteiger partial charge in [0.25, 0.3) is 0 Å². The largest absolute Gasteiger partial charge is 0.459 e. The minimum atomic E-state index is -0.251. The second kappa shape index (κ2) is 7.11. The van der Waals surface area contributed by atoms with E-state index in [-0.39, 0.29) is 5.82 Å². The molecule has 4 nitrogen and oxygen atoms in total. The van der Waals surface area contributed by atoms with Crippen molar-refractivity contribution < 1.29 is 8.81 Å². The van der Waals surface area contributed by atoms with E-state index in [0.717, 1.165) is 42.2 Å². The Balaban J connectivity index is 2.19. The SMILES string of the molecule is CCCNC(=NCc1oc2ccc(F)cc2c1C)NCC. The summed E-state index contributed by atoms with van der Waals surface area (Å²) in [4.78, 5) is 4.51. The molecule has 0 aliphatic heterocycles. The van der Waals surface area contributed by atoms with Gasteiger partial charge in [0.1, 0.15) is 23.7 Å². The van der Waals surface area contributed by atoms with Gasteiger partial charge in [0.2, 0.25) is 0 Å². The Morgan fingerprint density at radius 1 is 1.29 bits per heavy atom. The van der Waals surface area contributed by atoms with Crippen molar-refractivity contribution in [2.24, 2.45) is 4.99 Å². The Hall–Kier alpha value is -2.04. The summed E-state index contributed by atoms with van der Waals surface area (Å²) in [6.07, 6.45) is 1.04. The van der Waals surface area contributed by atoms with Crippen LogP contribution in [0.4, 0.5) is 4.39 Å². The van der Waals surface area contributed by atoms with Crippen LogP contribution in [0.3, 0.4) is 0 Å². The summed E-state index contributed by atoms with van der Waals surface area (Å²) in [7, 11) is 0. The molecule has 0 atom stereocenters. The first kappa shape index (κ1) is 15.4. The van der Waals surface area contributed by atoms with E-state index in [1.165, 1.54) is 12.1 Å². The van der Waals surface area contributed by atoms with Crippen molar-refractivity contribution in [3.8, 4) is 0 Å². The number of furan rings is 1. The van der Waals surface area contributed by atoms with Crippen LogP contribution in [0, 0.1) is 12.7 Å². The zero-order chi connectivity index (χ0) is 15.2. The predicted octanol–water partition coefficient (Wildman–Crippen LogP) is 3.35. The summed E-state index contributed by atoms with van der Waals surface area (Å²) in [6, 6.07) is 4.57. The zero-order valence-electron chi connectivity index (χ0n) is 12.8. The Labute approximate surface area is 124 Å². The summed E-state index contributed by atoms with van der Waals surface area (Å²) < 4.78 is 19.0. The van der Waals surface area contributed by atoms with E-state index in [2.05, 4.69) is 22.5 Å². The highest BCUT2D eigenvalue weighted by Gasteiger charge is 2.11. The molecule has 0 aliphatic rings. The molecule has 114 valence electrons. The Morgan fingerprint density at radius 3 is 2.81 bits per heavy atom. The maximum atomic E-state index is 13.3. The number of fused-ring (bicyclic) bond motifs is 1. The Bertz CT molecular complexity index is 634. The Kier molecular flexibility index (Phi) is 5.20. The molecule has 0 unspecified atom stereocenters. The van der Waals surface area contributed by atoms with Gasteiger partial charge in [0.15, 0.2) is 5.96 Å². The first-order chi connectivity index (χ1) is 10.2. The van der Waals surface area contributed by atoms with Crippen LogP contribution >= 0.6 is 0 Å². The van der Waals surface area contributed by atoms with E-state index in [1.54, 1.807) is 6.07 Å². The van der Waals surface area contributed by atoms with Gasteiger partial charge in [0, 0.05) is 24.0 Å². The van der Waals surface area contributed by atoms with Crippen molar-refractivity contribution in [1.29, 1.82) is 0 Å². The molecule has 0 bridgehead atoms. The number of nitrogens with zero attached hydrogens (tertiary/aromatic N) is 1. The monoisotopic (exact) mass is 291 g/mol. The van der Waals surface area contributed by atoms with E-state index in [0.29, 0.717) is 12.1 Å². The number of hydrogen-bond acceptors (Lipinski definition) is 2. The molecule has 0 amide bonds. The first-order valence-corrected chi connectivity index (χ1v) is 7.35. The molecular formula is C16H22FN3O. The number of guanidine groups is 1. The molecule has 0 spiro atoms. The zero-order valence-corrected chi connectivity index (χ0v) is 12.8. The van der Waals surface area contributed by atoms with Gasteiger partial charge >= 0.3 is 0 Å². The molecular weight excluding hydrogens is 269 g/mol. The molecule has 0 saturated carbocycles. The minimum Gasteiger partial charge on any atom is -0.459 e. The van der Waals surface area contributed by atoms with Gasteiger partial charge in [-0.2, -0.15) is 0 Å². The number of halogens is 1. The van der Waals surface area contributed by atoms with Crippen molar-refractivity contribution in [1.82, 2.24) is 10.6 Å². The average Bonchev–Trinajstić information content (AvgIpc) is 2.78. The van der Waals surface area contributed by atoms with Gasteiger partial charge < -0.3 is 15.1 Å². The number of aliphatic imine (C=N–C) groups is 1. The molecule has 1 heterocycles. The second-order valence-electron chi connectivity index (χ2n) is 4.91. The van der Waals surface area contributed by atoms with Gasteiger partial charge in [-0.25, -0.2) is 9.38 Å². The lowest BCUT2D eigenvalue weighted by Gasteiger charge is -2.09. The third kappa shape index (κ3) is 3.74. The number of aryl methyl sites for hydroxylation is 1. The van der Waals surface area contributed by atoms with Crippen LogP contribution in [0.25, 0.3) is 11.0 Å². The molecule has 5 heteroatoms. The van der Waals surface area contributed by atoms with Gasteiger partial charge in [-0.05, 0) is 38.5 Å². The lowest BCUT2D eigenvalue weighted by molar-refractivity contribution is 0.547. The lowest BCUT2D eigenvalue weighted by atomic mass is 10.1. The van der Waals surface area contributed by atoms with Gasteiger partial charge in [0.05, 0.1) is 0 Å². The predicted molar refractivity (Wildman–Crippen MR) is 84.0 cm³/mol. The third-order valence-electron chi connectivity index (χ3n) is 3.26. The minimum absolute atomic E-state index is 0.251. The van der Waals surface area contributed by atoms with E-state index < -0.39 is 0 Å². The van der Waals surface area contributed by atoms with Gasteiger partial charge in [-0.1, -0.05) is 6.92 Å². The molecule has 21 heavy (non-hydrogen) atoms. The molecule has 2 rings (SSSR count). The van der Waals surface area contributed by atoms with Gasteiger partial charge in [-0.3, -0.25) is 0 Å². The van der Waals surface area contributed by atoms with Crippen molar-refractivity contribution in [2.75, 3.05) is 13.1 Å². The quantitative estimate of drug-likeness (QED) is 0.656.